The Balaban J connectivity index is 1.54. The summed E-state index contributed by atoms with van der Waals surface area (Å²) in [4.78, 5) is 21.3. The molecule has 1 unspecified atom stereocenters. The summed E-state index contributed by atoms with van der Waals surface area (Å²) in [6.45, 7) is 1.52. The van der Waals surface area contributed by atoms with Crippen LogP contribution in [0.15, 0.2) is 36.5 Å². The predicted octanol–water partition coefficient (Wildman–Crippen LogP) is 2.44. The standard InChI is InChI=1S/C19H22N6O/c1-24(2)18-11-13(7-8-20-18)15-4-3-9-25(12-15)19(26)14-5-6-16-17(10-14)22-23-21-16/h5-8,10-11,15H,3-4,9,12H2,1-2H3,(H,21,22,23). The molecule has 0 saturated carbocycles. The van der Waals surface area contributed by atoms with Gasteiger partial charge in [-0.05, 0) is 48.7 Å². The van der Waals surface area contributed by atoms with E-state index >= 15 is 0 Å². The molecule has 1 saturated heterocycles. The molecule has 4 rings (SSSR count). The number of carbonyl (C=O) groups is 1. The van der Waals surface area contributed by atoms with Crippen molar-refractivity contribution in [2.75, 3.05) is 32.1 Å². The van der Waals surface area contributed by atoms with Crippen LogP contribution in [0.4, 0.5) is 5.82 Å². The molecule has 0 bridgehead atoms. The maximum Gasteiger partial charge on any atom is 0.253 e. The first-order valence-corrected chi connectivity index (χ1v) is 8.85. The summed E-state index contributed by atoms with van der Waals surface area (Å²) in [6.07, 6.45) is 3.94. The molecule has 0 aliphatic carbocycles. The van der Waals surface area contributed by atoms with Gasteiger partial charge in [0.25, 0.3) is 5.91 Å². The molecule has 1 atom stereocenters. The molecule has 0 radical (unpaired) electrons. The van der Waals surface area contributed by atoms with Crippen LogP contribution in [0.5, 0.6) is 0 Å². The molecule has 1 aliphatic heterocycles. The second-order valence-corrected chi connectivity index (χ2v) is 6.96. The highest BCUT2D eigenvalue weighted by atomic mass is 16.2. The van der Waals surface area contributed by atoms with E-state index in [0.29, 0.717) is 17.0 Å². The first kappa shape index (κ1) is 16.5. The highest BCUT2D eigenvalue weighted by Crippen LogP contribution is 2.29. The Labute approximate surface area is 152 Å². The fourth-order valence-electron chi connectivity index (χ4n) is 3.52. The van der Waals surface area contributed by atoms with Crippen LogP contribution in [0.3, 0.4) is 0 Å². The normalized spacial score (nSPS) is 17.5. The fourth-order valence-corrected chi connectivity index (χ4v) is 3.52. The molecule has 7 heteroatoms. The summed E-state index contributed by atoms with van der Waals surface area (Å²) in [5, 5.41) is 10.7. The van der Waals surface area contributed by atoms with Gasteiger partial charge in [-0.15, -0.1) is 0 Å². The average Bonchev–Trinajstić information content (AvgIpc) is 3.15. The number of piperidine rings is 1. The van der Waals surface area contributed by atoms with E-state index in [1.165, 1.54) is 5.56 Å². The Hall–Kier alpha value is -2.96. The van der Waals surface area contributed by atoms with Crippen molar-refractivity contribution < 1.29 is 4.79 Å². The molecule has 1 N–H and O–H groups in total. The largest absolute Gasteiger partial charge is 0.363 e. The SMILES string of the molecule is CN(C)c1cc(C2CCCN(C(=O)c3ccc4n[nH]nc4c3)C2)ccn1. The first-order chi connectivity index (χ1) is 12.6. The molecule has 2 aromatic heterocycles. The number of aromatic nitrogens is 4. The number of hydrogen-bond acceptors (Lipinski definition) is 5. The lowest BCUT2D eigenvalue weighted by molar-refractivity contribution is 0.0707. The number of benzene rings is 1. The van der Waals surface area contributed by atoms with E-state index in [9.17, 15) is 4.79 Å². The van der Waals surface area contributed by atoms with E-state index in [-0.39, 0.29) is 5.91 Å². The molecule has 1 aliphatic rings. The van der Waals surface area contributed by atoms with Crippen molar-refractivity contribution in [3.8, 4) is 0 Å². The number of aromatic amines is 1. The molecule has 7 nitrogen and oxygen atoms in total. The Morgan fingerprint density at radius 3 is 2.88 bits per heavy atom. The number of anilines is 1. The van der Waals surface area contributed by atoms with Crippen LogP contribution < -0.4 is 4.90 Å². The van der Waals surface area contributed by atoms with Gasteiger partial charge < -0.3 is 9.80 Å². The Morgan fingerprint density at radius 2 is 2.04 bits per heavy atom. The fraction of sp³-hybridized carbons (Fsp3) is 0.368. The van der Waals surface area contributed by atoms with Crippen molar-refractivity contribution in [1.82, 2.24) is 25.3 Å². The van der Waals surface area contributed by atoms with Gasteiger partial charge in [-0.3, -0.25) is 4.79 Å². The quantitative estimate of drug-likeness (QED) is 0.785. The number of pyridine rings is 1. The first-order valence-electron chi connectivity index (χ1n) is 8.85. The van der Waals surface area contributed by atoms with Crippen LogP contribution in [0.1, 0.15) is 34.7 Å². The molecule has 134 valence electrons. The van der Waals surface area contributed by atoms with E-state index in [1.54, 1.807) is 6.07 Å². The maximum atomic E-state index is 13.0. The summed E-state index contributed by atoms with van der Waals surface area (Å²) in [5.41, 5.74) is 3.39. The van der Waals surface area contributed by atoms with E-state index in [0.717, 1.165) is 37.3 Å². The van der Waals surface area contributed by atoms with E-state index in [4.69, 9.17) is 0 Å². The number of hydrogen-bond donors (Lipinski definition) is 1. The number of fused-ring (bicyclic) bond motifs is 1. The molecular formula is C19H22N6O. The van der Waals surface area contributed by atoms with Crippen LogP contribution in [0, 0.1) is 0 Å². The number of nitrogens with zero attached hydrogens (tertiary/aromatic N) is 5. The Bertz CT molecular complexity index is 934. The third-order valence-corrected chi connectivity index (χ3v) is 4.97. The maximum absolute atomic E-state index is 13.0. The van der Waals surface area contributed by atoms with Crippen molar-refractivity contribution in [3.63, 3.8) is 0 Å². The predicted molar refractivity (Wildman–Crippen MR) is 100 cm³/mol. The number of nitrogens with one attached hydrogen (secondary N) is 1. The van der Waals surface area contributed by atoms with E-state index < -0.39 is 0 Å². The third kappa shape index (κ3) is 3.12. The molecule has 26 heavy (non-hydrogen) atoms. The van der Waals surface area contributed by atoms with Crippen LogP contribution in [0.2, 0.25) is 0 Å². The second kappa shape index (κ2) is 6.74. The van der Waals surface area contributed by atoms with Crippen molar-refractivity contribution >= 4 is 22.8 Å². The minimum atomic E-state index is 0.0569. The zero-order chi connectivity index (χ0) is 18.1. The average molecular weight is 350 g/mol. The van der Waals surface area contributed by atoms with Gasteiger partial charge in [0, 0.05) is 44.9 Å². The van der Waals surface area contributed by atoms with Gasteiger partial charge in [0.05, 0.1) is 0 Å². The lowest BCUT2D eigenvalue weighted by Crippen LogP contribution is -2.39. The van der Waals surface area contributed by atoms with Gasteiger partial charge in [0.15, 0.2) is 0 Å². The van der Waals surface area contributed by atoms with Crippen LogP contribution >= 0.6 is 0 Å². The molecule has 0 spiro atoms. The van der Waals surface area contributed by atoms with E-state index in [2.05, 4.69) is 32.5 Å². The molecule has 3 aromatic rings. The van der Waals surface area contributed by atoms with Gasteiger partial charge >= 0.3 is 0 Å². The van der Waals surface area contributed by atoms with Gasteiger partial charge in [-0.25, -0.2) is 4.98 Å². The second-order valence-electron chi connectivity index (χ2n) is 6.96. The zero-order valence-corrected chi connectivity index (χ0v) is 15.0. The minimum Gasteiger partial charge on any atom is -0.363 e. The topological polar surface area (TPSA) is 78.0 Å². The van der Waals surface area contributed by atoms with Crippen LogP contribution in [-0.2, 0) is 0 Å². The van der Waals surface area contributed by atoms with Crippen molar-refractivity contribution in [3.05, 3.63) is 47.7 Å². The summed E-state index contributed by atoms with van der Waals surface area (Å²) in [5.74, 6) is 1.34. The smallest absolute Gasteiger partial charge is 0.253 e. The van der Waals surface area contributed by atoms with Crippen LogP contribution in [-0.4, -0.2) is 58.4 Å². The summed E-state index contributed by atoms with van der Waals surface area (Å²) in [7, 11) is 3.98. The van der Waals surface area contributed by atoms with Crippen molar-refractivity contribution in [2.24, 2.45) is 0 Å². The lowest BCUT2D eigenvalue weighted by Gasteiger charge is -2.33. The van der Waals surface area contributed by atoms with Gasteiger partial charge in [0.1, 0.15) is 16.9 Å². The van der Waals surface area contributed by atoms with Gasteiger partial charge in [-0.2, -0.15) is 15.4 Å². The molecule has 1 fully saturated rings. The number of H-pyrrole nitrogens is 1. The third-order valence-electron chi connectivity index (χ3n) is 4.97. The number of likely N-dealkylation sites (tertiary alicyclic amines) is 1. The zero-order valence-electron chi connectivity index (χ0n) is 15.0. The van der Waals surface area contributed by atoms with Gasteiger partial charge in [0.2, 0.25) is 0 Å². The van der Waals surface area contributed by atoms with E-state index in [1.807, 2.05) is 42.2 Å². The summed E-state index contributed by atoms with van der Waals surface area (Å²) in [6, 6.07) is 9.65. The highest BCUT2D eigenvalue weighted by Gasteiger charge is 2.26. The Kier molecular flexibility index (Phi) is 4.28. The number of carbonyl (C=O) groups excluding carboxylic acids is 1. The van der Waals surface area contributed by atoms with Gasteiger partial charge in [-0.1, -0.05) is 0 Å². The number of rotatable bonds is 3. The monoisotopic (exact) mass is 350 g/mol. The summed E-state index contributed by atoms with van der Waals surface area (Å²) >= 11 is 0. The molecular weight excluding hydrogens is 328 g/mol. The van der Waals surface area contributed by atoms with Crippen molar-refractivity contribution in [2.45, 2.75) is 18.8 Å². The molecule has 1 aromatic carbocycles. The summed E-state index contributed by atoms with van der Waals surface area (Å²) < 4.78 is 0. The van der Waals surface area contributed by atoms with Crippen LogP contribution in [0.25, 0.3) is 11.0 Å². The lowest BCUT2D eigenvalue weighted by atomic mass is 9.90. The molecule has 1 amide bonds. The molecule has 3 heterocycles. The minimum absolute atomic E-state index is 0.0569. The van der Waals surface area contributed by atoms with Crippen molar-refractivity contribution in [1.29, 1.82) is 0 Å². The number of amides is 1. The Morgan fingerprint density at radius 1 is 1.19 bits per heavy atom. The highest BCUT2D eigenvalue weighted by molar-refractivity contribution is 5.97.